The summed E-state index contributed by atoms with van der Waals surface area (Å²) in [6, 6.07) is 6.50. The summed E-state index contributed by atoms with van der Waals surface area (Å²) >= 11 is 0. The molecule has 19 heavy (non-hydrogen) atoms. The number of amides is 1. The zero-order chi connectivity index (χ0) is 13.7. The van der Waals surface area contributed by atoms with Crippen LogP contribution in [0.25, 0.3) is 0 Å². The average Bonchev–Trinajstić information content (AvgIpc) is 2.77. The number of nitrogens with one attached hydrogen (secondary N) is 1. The van der Waals surface area contributed by atoms with Crippen LogP contribution in [0.1, 0.15) is 17.3 Å². The highest BCUT2D eigenvalue weighted by molar-refractivity contribution is 5.77. The Morgan fingerprint density at radius 2 is 2.21 bits per heavy atom. The molecule has 1 amide bonds. The first kappa shape index (κ1) is 13.2. The van der Waals surface area contributed by atoms with Crippen molar-refractivity contribution in [2.75, 3.05) is 6.54 Å². The summed E-state index contributed by atoms with van der Waals surface area (Å²) in [7, 11) is 0. The van der Waals surface area contributed by atoms with Crippen LogP contribution in [0.5, 0.6) is 0 Å². The van der Waals surface area contributed by atoms with E-state index in [1.165, 1.54) is 6.07 Å². The van der Waals surface area contributed by atoms with E-state index in [-0.39, 0.29) is 18.1 Å². The topological polar surface area (TPSA) is 68.0 Å². The first-order valence-electron chi connectivity index (χ1n) is 5.94. The molecule has 1 heterocycles. The van der Waals surface area contributed by atoms with E-state index < -0.39 is 0 Å². The minimum atomic E-state index is -0.259. The van der Waals surface area contributed by atoms with Gasteiger partial charge in [0, 0.05) is 13.5 Å². The van der Waals surface area contributed by atoms with Crippen LogP contribution in [0, 0.1) is 12.7 Å². The van der Waals surface area contributed by atoms with Crippen LogP contribution in [-0.4, -0.2) is 22.6 Å². The van der Waals surface area contributed by atoms with Gasteiger partial charge in [-0.05, 0) is 18.1 Å². The van der Waals surface area contributed by atoms with Crippen LogP contribution in [0.3, 0.4) is 0 Å². The number of hydrogen-bond acceptors (Lipinski definition) is 4. The summed E-state index contributed by atoms with van der Waals surface area (Å²) < 4.78 is 18.1. The molecule has 2 rings (SSSR count). The lowest BCUT2D eigenvalue weighted by atomic mass is 10.1. The second-order valence-corrected chi connectivity index (χ2v) is 4.10. The predicted octanol–water partition coefficient (Wildman–Crippen LogP) is 1.42. The number of aromatic nitrogens is 2. The van der Waals surface area contributed by atoms with Crippen molar-refractivity contribution in [3.63, 3.8) is 0 Å². The fourth-order valence-corrected chi connectivity index (χ4v) is 1.66. The molecular formula is C13H14FN3O2. The summed E-state index contributed by atoms with van der Waals surface area (Å²) in [6.45, 7) is 2.03. The van der Waals surface area contributed by atoms with Gasteiger partial charge in [0.2, 0.25) is 11.8 Å². The molecular weight excluding hydrogens is 249 g/mol. The predicted molar refractivity (Wildman–Crippen MR) is 65.9 cm³/mol. The number of nitrogens with zero attached hydrogens (tertiary/aromatic N) is 2. The minimum absolute atomic E-state index is 0.0641. The molecule has 0 radical (unpaired) electrons. The molecule has 6 heteroatoms. The molecule has 0 aliphatic heterocycles. The van der Waals surface area contributed by atoms with E-state index in [4.69, 9.17) is 4.52 Å². The van der Waals surface area contributed by atoms with E-state index in [1.807, 2.05) is 0 Å². The van der Waals surface area contributed by atoms with Gasteiger partial charge in [0.25, 0.3) is 0 Å². The van der Waals surface area contributed by atoms with Gasteiger partial charge in [-0.15, -0.1) is 0 Å². The highest BCUT2D eigenvalue weighted by Crippen LogP contribution is 2.06. The van der Waals surface area contributed by atoms with E-state index >= 15 is 0 Å². The van der Waals surface area contributed by atoms with E-state index in [2.05, 4.69) is 15.5 Å². The fraction of sp³-hybridized carbons (Fsp3) is 0.308. The van der Waals surface area contributed by atoms with Crippen LogP contribution >= 0.6 is 0 Å². The highest BCUT2D eigenvalue weighted by atomic mass is 19.1. The molecule has 100 valence electrons. The van der Waals surface area contributed by atoms with Gasteiger partial charge in [-0.2, -0.15) is 4.98 Å². The molecule has 5 nitrogen and oxygen atoms in total. The van der Waals surface area contributed by atoms with Crippen molar-refractivity contribution < 1.29 is 13.7 Å². The van der Waals surface area contributed by atoms with Crippen LogP contribution in [0.15, 0.2) is 28.8 Å². The standard InChI is InChI=1S/C13H14FN3O2/c1-9-16-12(17-19-9)8-13(18)15-7-6-10-4-2-3-5-11(10)14/h2-5H,6-8H2,1H3,(H,15,18). The third-order valence-electron chi connectivity index (χ3n) is 2.56. The number of carbonyl (C=O) groups excluding carboxylic acids is 1. The van der Waals surface area contributed by atoms with Gasteiger partial charge < -0.3 is 9.84 Å². The van der Waals surface area contributed by atoms with E-state index in [1.54, 1.807) is 25.1 Å². The largest absolute Gasteiger partial charge is 0.355 e. The summed E-state index contributed by atoms with van der Waals surface area (Å²) in [4.78, 5) is 15.5. The Morgan fingerprint density at radius 1 is 1.42 bits per heavy atom. The number of benzene rings is 1. The molecule has 1 aromatic heterocycles. The normalized spacial score (nSPS) is 10.4. The number of hydrogen-bond donors (Lipinski definition) is 1. The SMILES string of the molecule is Cc1nc(CC(=O)NCCc2ccccc2F)no1. The van der Waals surface area contributed by atoms with E-state index in [0.29, 0.717) is 30.2 Å². The van der Waals surface area contributed by atoms with E-state index in [9.17, 15) is 9.18 Å². The molecule has 0 spiro atoms. The van der Waals surface area contributed by atoms with Gasteiger partial charge in [-0.1, -0.05) is 23.4 Å². The molecule has 0 saturated heterocycles. The molecule has 0 unspecified atom stereocenters. The lowest BCUT2D eigenvalue weighted by Gasteiger charge is -2.04. The van der Waals surface area contributed by atoms with Gasteiger partial charge in [0.05, 0.1) is 6.42 Å². The van der Waals surface area contributed by atoms with Crippen molar-refractivity contribution >= 4 is 5.91 Å². The second-order valence-electron chi connectivity index (χ2n) is 4.10. The smallest absolute Gasteiger partial charge is 0.227 e. The number of aryl methyl sites for hydroxylation is 1. The Bertz CT molecular complexity index is 569. The maximum absolute atomic E-state index is 13.3. The minimum Gasteiger partial charge on any atom is -0.355 e. The van der Waals surface area contributed by atoms with Crippen LogP contribution in [0.2, 0.25) is 0 Å². The van der Waals surface area contributed by atoms with Crippen molar-refractivity contribution in [1.29, 1.82) is 0 Å². The molecule has 0 aliphatic rings. The first-order chi connectivity index (χ1) is 9.15. The summed E-state index contributed by atoms with van der Waals surface area (Å²) in [5.74, 6) is 0.303. The van der Waals surface area contributed by atoms with Crippen molar-refractivity contribution in [3.05, 3.63) is 47.4 Å². The zero-order valence-electron chi connectivity index (χ0n) is 10.5. The van der Waals surface area contributed by atoms with Gasteiger partial charge >= 0.3 is 0 Å². The number of rotatable bonds is 5. The molecule has 1 aromatic carbocycles. The number of carbonyl (C=O) groups is 1. The molecule has 1 N–H and O–H groups in total. The van der Waals surface area contributed by atoms with Crippen molar-refractivity contribution in [1.82, 2.24) is 15.5 Å². The summed E-state index contributed by atoms with van der Waals surface area (Å²) in [5.41, 5.74) is 0.582. The van der Waals surface area contributed by atoms with Crippen molar-refractivity contribution in [2.45, 2.75) is 19.8 Å². The third kappa shape index (κ3) is 3.87. The second kappa shape index (κ2) is 6.08. The summed E-state index contributed by atoms with van der Waals surface area (Å²) in [5, 5.41) is 6.32. The maximum Gasteiger partial charge on any atom is 0.227 e. The van der Waals surface area contributed by atoms with Gasteiger partial charge in [0.1, 0.15) is 5.82 Å². The molecule has 0 bridgehead atoms. The van der Waals surface area contributed by atoms with Crippen LogP contribution < -0.4 is 5.32 Å². The van der Waals surface area contributed by atoms with E-state index in [0.717, 1.165) is 0 Å². The van der Waals surface area contributed by atoms with Gasteiger partial charge in [0.15, 0.2) is 5.82 Å². The Labute approximate surface area is 109 Å². The zero-order valence-corrected chi connectivity index (χ0v) is 10.5. The third-order valence-corrected chi connectivity index (χ3v) is 2.56. The Kier molecular flexibility index (Phi) is 4.22. The lowest BCUT2D eigenvalue weighted by molar-refractivity contribution is -0.120. The molecule has 2 aromatic rings. The highest BCUT2D eigenvalue weighted by Gasteiger charge is 2.09. The summed E-state index contributed by atoms with van der Waals surface area (Å²) in [6.07, 6.45) is 0.512. The molecule has 0 fully saturated rings. The van der Waals surface area contributed by atoms with Gasteiger partial charge in [-0.25, -0.2) is 4.39 Å². The van der Waals surface area contributed by atoms with Crippen LogP contribution in [-0.2, 0) is 17.6 Å². The Balaban J connectivity index is 1.77. The average molecular weight is 263 g/mol. The Morgan fingerprint density at radius 3 is 2.89 bits per heavy atom. The fourth-order valence-electron chi connectivity index (χ4n) is 1.66. The molecule has 0 aliphatic carbocycles. The monoisotopic (exact) mass is 263 g/mol. The van der Waals surface area contributed by atoms with Crippen molar-refractivity contribution in [2.24, 2.45) is 0 Å². The quantitative estimate of drug-likeness (QED) is 0.885. The number of halogens is 1. The van der Waals surface area contributed by atoms with Crippen molar-refractivity contribution in [3.8, 4) is 0 Å². The lowest BCUT2D eigenvalue weighted by Crippen LogP contribution is -2.27. The van der Waals surface area contributed by atoms with Crippen LogP contribution in [0.4, 0.5) is 4.39 Å². The molecule has 0 saturated carbocycles. The Hall–Kier alpha value is -2.24. The molecule has 0 atom stereocenters. The maximum atomic E-state index is 13.3. The first-order valence-corrected chi connectivity index (χ1v) is 5.94. The van der Waals surface area contributed by atoms with Gasteiger partial charge in [-0.3, -0.25) is 4.79 Å².